The molecule has 1 aliphatic heterocycles. The topological polar surface area (TPSA) is 16.1 Å². The Hall–Kier alpha value is -1.05. The van der Waals surface area contributed by atoms with Crippen LogP contribution in [0.4, 0.5) is 5.82 Å². The molecule has 0 aromatic carbocycles. The molecule has 1 aliphatic rings. The van der Waals surface area contributed by atoms with Crippen molar-refractivity contribution in [2.45, 2.75) is 46.0 Å². The molecule has 16 heavy (non-hydrogen) atoms. The van der Waals surface area contributed by atoms with E-state index in [9.17, 15) is 0 Å². The van der Waals surface area contributed by atoms with Crippen LogP contribution >= 0.6 is 0 Å². The van der Waals surface area contributed by atoms with Crippen molar-refractivity contribution < 1.29 is 0 Å². The first-order chi connectivity index (χ1) is 7.74. The molecule has 88 valence electrons. The Morgan fingerprint density at radius 1 is 1.31 bits per heavy atom. The average molecular weight is 218 g/mol. The standard InChI is InChI=1S/C14H22N2/c1-4-12-7-8-15-14(13(12)11(2)3)16-9-5-6-10-16/h7-8,11H,4-6,9-10H2,1-3H3. The molecule has 2 heterocycles. The van der Waals surface area contributed by atoms with Crippen LogP contribution in [0.1, 0.15) is 50.7 Å². The van der Waals surface area contributed by atoms with Gasteiger partial charge in [-0.1, -0.05) is 20.8 Å². The second-order valence-electron chi connectivity index (χ2n) is 4.91. The summed E-state index contributed by atoms with van der Waals surface area (Å²) in [6, 6.07) is 2.18. The molecule has 2 nitrogen and oxygen atoms in total. The molecule has 1 saturated heterocycles. The molecule has 0 amide bonds. The summed E-state index contributed by atoms with van der Waals surface area (Å²) in [4.78, 5) is 7.07. The zero-order chi connectivity index (χ0) is 11.5. The van der Waals surface area contributed by atoms with Gasteiger partial charge in [0.15, 0.2) is 0 Å². The van der Waals surface area contributed by atoms with Crippen molar-refractivity contribution in [1.82, 2.24) is 4.98 Å². The number of rotatable bonds is 3. The van der Waals surface area contributed by atoms with Crippen LogP contribution in [0.3, 0.4) is 0 Å². The van der Waals surface area contributed by atoms with Crippen LogP contribution in [0.15, 0.2) is 12.3 Å². The van der Waals surface area contributed by atoms with Crippen LogP contribution in [-0.4, -0.2) is 18.1 Å². The van der Waals surface area contributed by atoms with E-state index in [1.807, 2.05) is 6.20 Å². The third-order valence-corrected chi connectivity index (χ3v) is 3.42. The minimum Gasteiger partial charge on any atom is -0.356 e. The second kappa shape index (κ2) is 4.86. The van der Waals surface area contributed by atoms with Gasteiger partial charge in [-0.05, 0) is 36.8 Å². The third-order valence-electron chi connectivity index (χ3n) is 3.42. The third kappa shape index (κ3) is 2.06. The number of aryl methyl sites for hydroxylation is 1. The summed E-state index contributed by atoms with van der Waals surface area (Å²) < 4.78 is 0. The highest BCUT2D eigenvalue weighted by Crippen LogP contribution is 2.30. The predicted molar refractivity (Wildman–Crippen MR) is 69.2 cm³/mol. The van der Waals surface area contributed by atoms with Crippen molar-refractivity contribution in [2.24, 2.45) is 0 Å². The summed E-state index contributed by atoms with van der Waals surface area (Å²) in [7, 11) is 0. The first-order valence-corrected chi connectivity index (χ1v) is 6.46. The summed E-state index contributed by atoms with van der Waals surface area (Å²) in [5.41, 5.74) is 2.93. The Morgan fingerprint density at radius 3 is 2.56 bits per heavy atom. The van der Waals surface area contributed by atoms with Gasteiger partial charge in [-0.15, -0.1) is 0 Å². The fourth-order valence-electron chi connectivity index (χ4n) is 2.62. The Morgan fingerprint density at radius 2 is 2.00 bits per heavy atom. The van der Waals surface area contributed by atoms with Crippen molar-refractivity contribution in [3.63, 3.8) is 0 Å². The number of hydrogen-bond donors (Lipinski definition) is 0. The van der Waals surface area contributed by atoms with Gasteiger partial charge in [0.05, 0.1) is 0 Å². The Kier molecular flexibility index (Phi) is 3.47. The van der Waals surface area contributed by atoms with Gasteiger partial charge in [0.25, 0.3) is 0 Å². The van der Waals surface area contributed by atoms with Crippen LogP contribution in [-0.2, 0) is 6.42 Å². The van der Waals surface area contributed by atoms with Crippen LogP contribution in [0, 0.1) is 0 Å². The van der Waals surface area contributed by atoms with E-state index in [-0.39, 0.29) is 0 Å². The molecule has 2 rings (SSSR count). The molecule has 1 fully saturated rings. The lowest BCUT2D eigenvalue weighted by molar-refractivity contribution is 0.810. The van der Waals surface area contributed by atoms with Crippen LogP contribution in [0.5, 0.6) is 0 Å². The molecule has 0 spiro atoms. The molecule has 0 N–H and O–H groups in total. The van der Waals surface area contributed by atoms with E-state index in [1.54, 1.807) is 0 Å². The van der Waals surface area contributed by atoms with Crippen molar-refractivity contribution in [3.05, 3.63) is 23.4 Å². The SMILES string of the molecule is CCc1ccnc(N2CCCC2)c1C(C)C. The maximum atomic E-state index is 4.62. The maximum absolute atomic E-state index is 4.62. The van der Waals surface area contributed by atoms with Gasteiger partial charge in [0, 0.05) is 24.8 Å². The van der Waals surface area contributed by atoms with E-state index in [4.69, 9.17) is 0 Å². The van der Waals surface area contributed by atoms with E-state index >= 15 is 0 Å². The van der Waals surface area contributed by atoms with Crippen LogP contribution < -0.4 is 4.90 Å². The van der Waals surface area contributed by atoms with Crippen molar-refractivity contribution in [1.29, 1.82) is 0 Å². The van der Waals surface area contributed by atoms with Gasteiger partial charge < -0.3 is 4.90 Å². The number of hydrogen-bond acceptors (Lipinski definition) is 2. The predicted octanol–water partition coefficient (Wildman–Crippen LogP) is 3.37. The summed E-state index contributed by atoms with van der Waals surface area (Å²) in [5, 5.41) is 0. The Balaban J connectivity index is 2.42. The Labute approximate surface area is 98.7 Å². The van der Waals surface area contributed by atoms with E-state index in [0.29, 0.717) is 5.92 Å². The molecule has 0 unspecified atom stereocenters. The summed E-state index contributed by atoms with van der Waals surface area (Å²) in [6.45, 7) is 9.14. The van der Waals surface area contributed by atoms with Gasteiger partial charge in [0.2, 0.25) is 0 Å². The van der Waals surface area contributed by atoms with Gasteiger partial charge in [-0.2, -0.15) is 0 Å². The molecule has 0 saturated carbocycles. The highest BCUT2D eigenvalue weighted by atomic mass is 15.2. The smallest absolute Gasteiger partial charge is 0.132 e. The van der Waals surface area contributed by atoms with Gasteiger partial charge in [-0.25, -0.2) is 4.98 Å². The first kappa shape index (κ1) is 11.4. The zero-order valence-corrected chi connectivity index (χ0v) is 10.7. The van der Waals surface area contributed by atoms with Gasteiger partial charge in [0.1, 0.15) is 5.82 Å². The molecular formula is C14H22N2. The summed E-state index contributed by atoms with van der Waals surface area (Å²) in [6.07, 6.45) is 5.71. The lowest BCUT2D eigenvalue weighted by Crippen LogP contribution is -2.21. The molecular weight excluding hydrogens is 196 g/mol. The van der Waals surface area contributed by atoms with Gasteiger partial charge in [-0.3, -0.25) is 0 Å². The number of aromatic nitrogens is 1. The Bertz CT molecular complexity index is 352. The van der Waals surface area contributed by atoms with E-state index < -0.39 is 0 Å². The van der Waals surface area contributed by atoms with Gasteiger partial charge >= 0.3 is 0 Å². The lowest BCUT2D eigenvalue weighted by Gasteiger charge is -2.23. The second-order valence-corrected chi connectivity index (χ2v) is 4.91. The molecule has 0 bridgehead atoms. The minimum absolute atomic E-state index is 0.569. The monoisotopic (exact) mass is 218 g/mol. The zero-order valence-electron chi connectivity index (χ0n) is 10.7. The quantitative estimate of drug-likeness (QED) is 0.773. The normalized spacial score (nSPS) is 16.1. The fourth-order valence-corrected chi connectivity index (χ4v) is 2.62. The largest absolute Gasteiger partial charge is 0.356 e. The van der Waals surface area contributed by atoms with Crippen molar-refractivity contribution >= 4 is 5.82 Å². The summed E-state index contributed by atoms with van der Waals surface area (Å²) in [5.74, 6) is 1.81. The number of pyridine rings is 1. The number of anilines is 1. The lowest BCUT2D eigenvalue weighted by atomic mass is 9.96. The minimum atomic E-state index is 0.569. The maximum Gasteiger partial charge on any atom is 0.132 e. The van der Waals surface area contributed by atoms with Crippen LogP contribution in [0.2, 0.25) is 0 Å². The highest BCUT2D eigenvalue weighted by molar-refractivity contribution is 5.53. The first-order valence-electron chi connectivity index (χ1n) is 6.46. The fraction of sp³-hybridized carbons (Fsp3) is 0.643. The van der Waals surface area contributed by atoms with Crippen LogP contribution in [0.25, 0.3) is 0 Å². The average Bonchev–Trinajstić information content (AvgIpc) is 2.81. The van der Waals surface area contributed by atoms with Crippen molar-refractivity contribution in [3.8, 4) is 0 Å². The van der Waals surface area contributed by atoms with Crippen molar-refractivity contribution in [2.75, 3.05) is 18.0 Å². The van der Waals surface area contributed by atoms with E-state index in [1.165, 1.54) is 42.9 Å². The molecule has 0 aliphatic carbocycles. The molecule has 0 atom stereocenters. The van der Waals surface area contributed by atoms with E-state index in [0.717, 1.165) is 6.42 Å². The summed E-state index contributed by atoms with van der Waals surface area (Å²) >= 11 is 0. The molecule has 1 aromatic rings. The number of nitrogens with zero attached hydrogens (tertiary/aromatic N) is 2. The molecule has 1 aromatic heterocycles. The molecule has 0 radical (unpaired) electrons. The highest BCUT2D eigenvalue weighted by Gasteiger charge is 2.20. The van der Waals surface area contributed by atoms with E-state index in [2.05, 4.69) is 36.7 Å². The molecule has 2 heteroatoms.